The number of unbranched alkanes of at least 4 members (excludes halogenated alkanes) is 2. The highest BCUT2D eigenvalue weighted by Gasteiger charge is 2.10. The zero-order valence-corrected chi connectivity index (χ0v) is 11.7. The van der Waals surface area contributed by atoms with Crippen LogP contribution in [0.2, 0.25) is 0 Å². The van der Waals surface area contributed by atoms with E-state index in [2.05, 4.69) is 19.6 Å². The molecule has 0 N–H and O–H groups in total. The average molecular weight is 250 g/mol. The Kier molecular flexibility index (Phi) is 11.3. The number of hydrogen-bond acceptors (Lipinski definition) is 2. The first kappa shape index (κ1) is 16.7. The molecule has 0 aromatic carbocycles. The van der Waals surface area contributed by atoms with Gasteiger partial charge in [-0.1, -0.05) is 56.7 Å². The lowest BCUT2D eigenvalue weighted by molar-refractivity contribution is -0.147. The summed E-state index contributed by atoms with van der Waals surface area (Å²) in [4.78, 5) is 11.0. The smallest absolute Gasteiger partial charge is 0.302 e. The second-order valence-electron chi connectivity index (χ2n) is 4.35. The normalized spacial score (nSPS) is 13.0. The number of carbonyl (C=O) groups is 1. The molecular weight excluding hydrogens is 224 g/mol. The summed E-state index contributed by atoms with van der Waals surface area (Å²) in [7, 11) is 0. The number of esters is 1. The molecule has 0 spiro atoms. The van der Waals surface area contributed by atoms with Gasteiger partial charge in [-0.2, -0.15) is 0 Å². The molecule has 1 atom stereocenters. The Morgan fingerprint density at radius 2 is 1.94 bits per heavy atom. The van der Waals surface area contributed by atoms with Crippen LogP contribution in [-0.4, -0.2) is 12.1 Å². The first-order valence-electron chi connectivity index (χ1n) is 6.82. The second kappa shape index (κ2) is 12.2. The number of ether oxygens (including phenoxy) is 1. The third kappa shape index (κ3) is 11.2. The van der Waals surface area contributed by atoms with E-state index in [0.29, 0.717) is 0 Å². The molecule has 2 heteroatoms. The Morgan fingerprint density at radius 1 is 1.22 bits per heavy atom. The summed E-state index contributed by atoms with van der Waals surface area (Å²) in [5, 5.41) is 0. The Balaban J connectivity index is 3.80. The quantitative estimate of drug-likeness (QED) is 0.322. The highest BCUT2D eigenvalue weighted by molar-refractivity contribution is 5.66. The van der Waals surface area contributed by atoms with Crippen LogP contribution in [0.5, 0.6) is 0 Å². The summed E-state index contributed by atoms with van der Waals surface area (Å²) in [6.45, 7) is 7.24. The Bertz CT molecular complexity index is 277. The van der Waals surface area contributed by atoms with Gasteiger partial charge in [-0.3, -0.25) is 4.79 Å². The maximum Gasteiger partial charge on any atom is 0.302 e. The van der Waals surface area contributed by atoms with Crippen LogP contribution in [0, 0.1) is 0 Å². The molecule has 0 fully saturated rings. The first-order chi connectivity index (χ1) is 8.70. The van der Waals surface area contributed by atoms with Gasteiger partial charge >= 0.3 is 5.97 Å². The Labute approximate surface area is 111 Å². The molecular formula is C16H26O2. The third-order valence-electron chi connectivity index (χ3n) is 2.60. The van der Waals surface area contributed by atoms with Crippen molar-refractivity contribution in [2.45, 2.75) is 58.5 Å². The summed E-state index contributed by atoms with van der Waals surface area (Å²) < 4.78 is 5.31. The largest absolute Gasteiger partial charge is 0.463 e. The zero-order valence-electron chi connectivity index (χ0n) is 11.7. The van der Waals surface area contributed by atoms with Gasteiger partial charge in [-0.25, -0.2) is 0 Å². The van der Waals surface area contributed by atoms with Crippen LogP contribution in [0.1, 0.15) is 52.4 Å². The van der Waals surface area contributed by atoms with E-state index in [9.17, 15) is 4.79 Å². The number of hydrogen-bond donors (Lipinski definition) is 0. The van der Waals surface area contributed by atoms with Crippen molar-refractivity contribution in [3.63, 3.8) is 0 Å². The van der Waals surface area contributed by atoms with Crippen LogP contribution < -0.4 is 0 Å². The minimum atomic E-state index is -0.166. The van der Waals surface area contributed by atoms with Crippen molar-refractivity contribution in [2.24, 2.45) is 0 Å². The molecule has 102 valence electrons. The van der Waals surface area contributed by atoms with E-state index in [4.69, 9.17) is 4.74 Å². The van der Waals surface area contributed by atoms with Crippen LogP contribution in [0.15, 0.2) is 37.0 Å². The maximum atomic E-state index is 11.0. The van der Waals surface area contributed by atoms with Gasteiger partial charge in [0.2, 0.25) is 0 Å². The molecule has 0 aromatic heterocycles. The Morgan fingerprint density at radius 3 is 2.56 bits per heavy atom. The molecule has 0 aliphatic carbocycles. The van der Waals surface area contributed by atoms with Gasteiger partial charge in [0.05, 0.1) is 0 Å². The first-order valence-corrected chi connectivity index (χ1v) is 6.82. The Hall–Kier alpha value is -1.31. The summed E-state index contributed by atoms with van der Waals surface area (Å²) in [6, 6.07) is 0. The van der Waals surface area contributed by atoms with Gasteiger partial charge in [0.1, 0.15) is 6.10 Å². The number of allylic oxidation sites excluding steroid dienone is 5. The molecule has 0 aliphatic heterocycles. The predicted octanol–water partition coefficient (Wildman–Crippen LogP) is 4.58. The number of carbonyl (C=O) groups excluding carboxylic acids is 1. The van der Waals surface area contributed by atoms with Gasteiger partial charge in [-0.05, 0) is 25.7 Å². The van der Waals surface area contributed by atoms with Crippen molar-refractivity contribution in [1.29, 1.82) is 0 Å². The summed E-state index contributed by atoms with van der Waals surface area (Å²) in [6.07, 6.45) is 16.1. The lowest BCUT2D eigenvalue weighted by atomic mass is 10.1. The fourth-order valence-corrected chi connectivity index (χ4v) is 1.71. The summed E-state index contributed by atoms with van der Waals surface area (Å²) >= 11 is 0. The fraction of sp³-hybridized carbons (Fsp3) is 0.562. The lowest BCUT2D eigenvalue weighted by Gasteiger charge is -2.16. The topological polar surface area (TPSA) is 26.3 Å². The van der Waals surface area contributed by atoms with E-state index in [0.717, 1.165) is 38.5 Å². The van der Waals surface area contributed by atoms with Crippen LogP contribution in [-0.2, 0) is 9.53 Å². The molecule has 1 unspecified atom stereocenters. The van der Waals surface area contributed by atoms with Gasteiger partial charge in [0.15, 0.2) is 0 Å². The molecule has 0 radical (unpaired) electrons. The van der Waals surface area contributed by atoms with Crippen molar-refractivity contribution in [1.82, 2.24) is 0 Å². The van der Waals surface area contributed by atoms with Gasteiger partial charge in [-0.15, -0.1) is 0 Å². The van der Waals surface area contributed by atoms with Crippen LogP contribution in [0.4, 0.5) is 0 Å². The van der Waals surface area contributed by atoms with Crippen molar-refractivity contribution >= 4 is 5.97 Å². The van der Waals surface area contributed by atoms with Gasteiger partial charge in [0, 0.05) is 6.92 Å². The molecule has 0 saturated heterocycles. The molecule has 2 nitrogen and oxygen atoms in total. The fourth-order valence-electron chi connectivity index (χ4n) is 1.71. The predicted molar refractivity (Wildman–Crippen MR) is 77.4 cm³/mol. The van der Waals surface area contributed by atoms with Crippen LogP contribution in [0.3, 0.4) is 0 Å². The minimum Gasteiger partial charge on any atom is -0.463 e. The highest BCUT2D eigenvalue weighted by atomic mass is 16.5. The SMILES string of the molecule is C=CC=CC=CCCCC(CCCC)OC(C)=O. The van der Waals surface area contributed by atoms with Crippen molar-refractivity contribution < 1.29 is 9.53 Å². The van der Waals surface area contributed by atoms with E-state index >= 15 is 0 Å². The minimum absolute atomic E-state index is 0.0968. The molecule has 0 saturated carbocycles. The highest BCUT2D eigenvalue weighted by Crippen LogP contribution is 2.13. The molecule has 0 aromatic rings. The monoisotopic (exact) mass is 250 g/mol. The standard InChI is InChI=1S/C16H26O2/c1-4-6-8-9-10-11-12-14-16(13-7-5-2)18-15(3)17/h4,6,8-10,16H,1,5,7,11-14H2,2-3H3. The average Bonchev–Trinajstić information content (AvgIpc) is 2.34. The molecule has 0 aliphatic rings. The lowest BCUT2D eigenvalue weighted by Crippen LogP contribution is -2.16. The van der Waals surface area contributed by atoms with E-state index < -0.39 is 0 Å². The van der Waals surface area contributed by atoms with Crippen LogP contribution in [0.25, 0.3) is 0 Å². The second-order valence-corrected chi connectivity index (χ2v) is 4.35. The van der Waals surface area contributed by atoms with Gasteiger partial charge < -0.3 is 4.74 Å². The van der Waals surface area contributed by atoms with E-state index in [1.807, 2.05) is 18.2 Å². The molecule has 0 rings (SSSR count). The molecule has 0 bridgehead atoms. The van der Waals surface area contributed by atoms with E-state index in [1.54, 1.807) is 6.08 Å². The number of rotatable bonds is 10. The van der Waals surface area contributed by atoms with E-state index in [-0.39, 0.29) is 12.1 Å². The van der Waals surface area contributed by atoms with E-state index in [1.165, 1.54) is 6.92 Å². The van der Waals surface area contributed by atoms with Crippen molar-refractivity contribution in [3.8, 4) is 0 Å². The molecule has 0 amide bonds. The maximum absolute atomic E-state index is 11.0. The van der Waals surface area contributed by atoms with Crippen molar-refractivity contribution in [3.05, 3.63) is 37.0 Å². The van der Waals surface area contributed by atoms with Gasteiger partial charge in [0.25, 0.3) is 0 Å². The summed E-state index contributed by atoms with van der Waals surface area (Å²) in [5.41, 5.74) is 0. The molecule has 0 heterocycles. The van der Waals surface area contributed by atoms with Crippen LogP contribution >= 0.6 is 0 Å². The zero-order chi connectivity index (χ0) is 13.6. The molecule has 18 heavy (non-hydrogen) atoms. The summed E-state index contributed by atoms with van der Waals surface area (Å²) in [5.74, 6) is -0.166. The van der Waals surface area contributed by atoms with Crippen molar-refractivity contribution in [2.75, 3.05) is 0 Å². The third-order valence-corrected chi connectivity index (χ3v) is 2.60.